The molecular weight excluding hydrogens is 268 g/mol. The highest BCUT2D eigenvalue weighted by atomic mass is 16.5. The Morgan fingerprint density at radius 2 is 1.95 bits per heavy atom. The maximum absolute atomic E-state index is 5.33. The Hall–Kier alpha value is -2.24. The number of rotatable bonds is 5. The molecule has 21 heavy (non-hydrogen) atoms. The molecule has 0 bridgehead atoms. The topological polar surface area (TPSA) is 61.2 Å². The van der Waals surface area contributed by atoms with Crippen molar-refractivity contribution >= 4 is 5.69 Å². The minimum absolute atomic E-state index is 0.0705. The van der Waals surface area contributed by atoms with Gasteiger partial charge in [0.1, 0.15) is 17.2 Å². The number of ether oxygens (including phenoxy) is 2. The van der Waals surface area contributed by atoms with Crippen molar-refractivity contribution in [1.82, 2.24) is 15.0 Å². The van der Waals surface area contributed by atoms with E-state index in [-0.39, 0.29) is 5.54 Å². The molecule has 0 spiro atoms. The fraction of sp³-hybridized carbons (Fsp3) is 0.467. The van der Waals surface area contributed by atoms with Crippen molar-refractivity contribution in [2.45, 2.75) is 32.9 Å². The molecule has 2 aromatic rings. The number of anilines is 1. The summed E-state index contributed by atoms with van der Waals surface area (Å²) in [6.45, 7) is 6.83. The molecule has 0 aliphatic rings. The maximum Gasteiger partial charge on any atom is 0.142 e. The Kier molecular flexibility index (Phi) is 4.35. The average molecular weight is 290 g/mol. The highest BCUT2D eigenvalue weighted by Crippen LogP contribution is 2.29. The van der Waals surface area contributed by atoms with Gasteiger partial charge in [0, 0.05) is 6.07 Å². The van der Waals surface area contributed by atoms with Crippen molar-refractivity contribution in [3.05, 3.63) is 30.1 Å². The van der Waals surface area contributed by atoms with Gasteiger partial charge >= 0.3 is 0 Å². The molecule has 1 N–H and O–H groups in total. The van der Waals surface area contributed by atoms with E-state index in [0.29, 0.717) is 6.54 Å². The molecule has 1 heterocycles. The van der Waals surface area contributed by atoms with Crippen molar-refractivity contribution in [3.63, 3.8) is 0 Å². The molecule has 1 aromatic heterocycles. The lowest BCUT2D eigenvalue weighted by Gasteiger charge is -2.17. The third-order valence-corrected chi connectivity index (χ3v) is 3.09. The van der Waals surface area contributed by atoms with E-state index in [1.54, 1.807) is 14.2 Å². The SMILES string of the molecule is COc1ccc(OC)c(NCc2cn(C(C)(C)C)nn2)c1. The summed E-state index contributed by atoms with van der Waals surface area (Å²) in [5, 5.41) is 11.6. The summed E-state index contributed by atoms with van der Waals surface area (Å²) in [6.07, 6.45) is 1.94. The van der Waals surface area contributed by atoms with Crippen LogP contribution in [-0.4, -0.2) is 29.2 Å². The number of hydrogen-bond acceptors (Lipinski definition) is 5. The normalized spacial score (nSPS) is 11.3. The molecular formula is C15H22N4O2. The smallest absolute Gasteiger partial charge is 0.142 e. The lowest BCUT2D eigenvalue weighted by Crippen LogP contribution is -2.22. The molecule has 6 heteroatoms. The Balaban J connectivity index is 2.10. The van der Waals surface area contributed by atoms with E-state index in [0.717, 1.165) is 22.9 Å². The number of methoxy groups -OCH3 is 2. The second-order valence-corrected chi connectivity index (χ2v) is 5.75. The highest BCUT2D eigenvalue weighted by Gasteiger charge is 2.15. The molecule has 0 fully saturated rings. The van der Waals surface area contributed by atoms with Gasteiger partial charge in [-0.2, -0.15) is 0 Å². The lowest BCUT2D eigenvalue weighted by atomic mass is 10.1. The van der Waals surface area contributed by atoms with E-state index in [4.69, 9.17) is 9.47 Å². The van der Waals surface area contributed by atoms with Crippen LogP contribution in [0, 0.1) is 0 Å². The summed E-state index contributed by atoms with van der Waals surface area (Å²) < 4.78 is 12.4. The van der Waals surface area contributed by atoms with Crippen LogP contribution in [0.25, 0.3) is 0 Å². The van der Waals surface area contributed by atoms with Gasteiger partial charge in [0.05, 0.1) is 38.2 Å². The first-order valence-corrected chi connectivity index (χ1v) is 6.81. The Labute approximate surface area is 125 Å². The van der Waals surface area contributed by atoms with E-state index >= 15 is 0 Å². The molecule has 0 saturated heterocycles. The zero-order valence-electron chi connectivity index (χ0n) is 13.2. The minimum Gasteiger partial charge on any atom is -0.497 e. The molecule has 0 unspecified atom stereocenters. The number of nitrogens with one attached hydrogen (secondary N) is 1. The summed E-state index contributed by atoms with van der Waals surface area (Å²) in [7, 11) is 3.28. The second kappa shape index (κ2) is 6.03. The average Bonchev–Trinajstić information content (AvgIpc) is 2.93. The number of nitrogens with zero attached hydrogens (tertiary/aromatic N) is 3. The zero-order valence-corrected chi connectivity index (χ0v) is 13.2. The van der Waals surface area contributed by atoms with Crippen molar-refractivity contribution in [3.8, 4) is 11.5 Å². The number of hydrogen-bond donors (Lipinski definition) is 1. The molecule has 114 valence electrons. The molecule has 0 aliphatic carbocycles. The van der Waals surface area contributed by atoms with E-state index in [2.05, 4.69) is 36.4 Å². The molecule has 0 atom stereocenters. The number of aromatic nitrogens is 3. The van der Waals surface area contributed by atoms with E-state index in [9.17, 15) is 0 Å². The first-order chi connectivity index (χ1) is 9.94. The Morgan fingerprint density at radius 1 is 1.19 bits per heavy atom. The third-order valence-electron chi connectivity index (χ3n) is 3.09. The van der Waals surface area contributed by atoms with Gasteiger partial charge in [0.15, 0.2) is 0 Å². The lowest BCUT2D eigenvalue weighted by molar-refractivity contribution is 0.347. The Bertz CT molecular complexity index is 602. The third kappa shape index (κ3) is 3.65. The van der Waals surface area contributed by atoms with Gasteiger partial charge in [-0.25, -0.2) is 4.68 Å². The number of benzene rings is 1. The molecule has 2 rings (SSSR count). The first kappa shape index (κ1) is 15.2. The van der Waals surface area contributed by atoms with Crippen LogP contribution in [0.3, 0.4) is 0 Å². The summed E-state index contributed by atoms with van der Waals surface area (Å²) in [5.41, 5.74) is 1.66. The van der Waals surface area contributed by atoms with Crippen LogP contribution in [0.1, 0.15) is 26.5 Å². The van der Waals surface area contributed by atoms with Gasteiger partial charge in [-0.05, 0) is 32.9 Å². The summed E-state index contributed by atoms with van der Waals surface area (Å²) in [4.78, 5) is 0. The fourth-order valence-electron chi connectivity index (χ4n) is 1.85. The maximum atomic E-state index is 5.33. The molecule has 0 radical (unpaired) electrons. The van der Waals surface area contributed by atoms with E-state index < -0.39 is 0 Å². The first-order valence-electron chi connectivity index (χ1n) is 6.81. The van der Waals surface area contributed by atoms with Crippen LogP contribution in [0.15, 0.2) is 24.4 Å². The van der Waals surface area contributed by atoms with Crippen LogP contribution < -0.4 is 14.8 Å². The summed E-state index contributed by atoms with van der Waals surface area (Å²) in [5.74, 6) is 1.54. The summed E-state index contributed by atoms with van der Waals surface area (Å²) in [6, 6.07) is 5.63. The molecule has 1 aromatic carbocycles. The van der Waals surface area contributed by atoms with Crippen molar-refractivity contribution in [2.75, 3.05) is 19.5 Å². The van der Waals surface area contributed by atoms with Gasteiger partial charge in [0.25, 0.3) is 0 Å². The molecule has 0 amide bonds. The molecule has 0 saturated carbocycles. The van der Waals surface area contributed by atoms with Gasteiger partial charge in [0.2, 0.25) is 0 Å². The van der Waals surface area contributed by atoms with Crippen LogP contribution in [-0.2, 0) is 12.1 Å². The summed E-state index contributed by atoms with van der Waals surface area (Å²) >= 11 is 0. The van der Waals surface area contributed by atoms with E-state index in [1.807, 2.05) is 29.1 Å². The van der Waals surface area contributed by atoms with Gasteiger partial charge in [-0.3, -0.25) is 0 Å². The monoisotopic (exact) mass is 290 g/mol. The fourth-order valence-corrected chi connectivity index (χ4v) is 1.85. The quantitative estimate of drug-likeness (QED) is 0.917. The van der Waals surface area contributed by atoms with E-state index in [1.165, 1.54) is 0 Å². The minimum atomic E-state index is -0.0705. The predicted octanol–water partition coefficient (Wildman–Crippen LogP) is 2.66. The highest BCUT2D eigenvalue weighted by molar-refractivity contribution is 5.59. The standard InChI is InChI=1S/C15H22N4O2/c1-15(2,3)19-10-11(17-18-19)9-16-13-8-12(20-4)6-7-14(13)21-5/h6-8,10,16H,9H2,1-5H3. The largest absolute Gasteiger partial charge is 0.497 e. The van der Waals surface area contributed by atoms with Gasteiger partial charge in [-0.15, -0.1) is 5.10 Å². The zero-order chi connectivity index (χ0) is 15.5. The van der Waals surface area contributed by atoms with Crippen LogP contribution in [0.4, 0.5) is 5.69 Å². The van der Waals surface area contributed by atoms with Crippen molar-refractivity contribution in [2.24, 2.45) is 0 Å². The van der Waals surface area contributed by atoms with Crippen LogP contribution in [0.2, 0.25) is 0 Å². The van der Waals surface area contributed by atoms with Crippen LogP contribution >= 0.6 is 0 Å². The van der Waals surface area contributed by atoms with Gasteiger partial charge in [-0.1, -0.05) is 5.21 Å². The van der Waals surface area contributed by atoms with Crippen LogP contribution in [0.5, 0.6) is 11.5 Å². The molecule has 0 aliphatic heterocycles. The Morgan fingerprint density at radius 3 is 2.52 bits per heavy atom. The predicted molar refractivity (Wildman–Crippen MR) is 81.9 cm³/mol. The van der Waals surface area contributed by atoms with Crippen molar-refractivity contribution in [1.29, 1.82) is 0 Å². The second-order valence-electron chi connectivity index (χ2n) is 5.75. The van der Waals surface area contributed by atoms with Gasteiger partial charge < -0.3 is 14.8 Å². The van der Waals surface area contributed by atoms with Crippen molar-refractivity contribution < 1.29 is 9.47 Å². The molecule has 6 nitrogen and oxygen atoms in total.